The van der Waals surface area contributed by atoms with Gasteiger partial charge in [-0.3, -0.25) is 9.78 Å². The van der Waals surface area contributed by atoms with Crippen molar-refractivity contribution in [2.75, 3.05) is 0 Å². The molecule has 1 N–H and O–H groups in total. The summed E-state index contributed by atoms with van der Waals surface area (Å²) >= 11 is 0. The summed E-state index contributed by atoms with van der Waals surface area (Å²) in [5, 5.41) is 8.56. The van der Waals surface area contributed by atoms with Crippen LogP contribution in [0, 0.1) is 5.92 Å². The van der Waals surface area contributed by atoms with Gasteiger partial charge in [-0.25, -0.2) is 0 Å². The van der Waals surface area contributed by atoms with Crippen molar-refractivity contribution in [3.63, 3.8) is 0 Å². The minimum atomic E-state index is -0.678. The van der Waals surface area contributed by atoms with Crippen molar-refractivity contribution in [3.8, 4) is 0 Å². The van der Waals surface area contributed by atoms with Crippen molar-refractivity contribution >= 4 is 5.97 Å². The Morgan fingerprint density at radius 3 is 2.67 bits per heavy atom. The molecule has 2 rings (SSSR count). The Hall–Kier alpha value is -1.38. The van der Waals surface area contributed by atoms with Gasteiger partial charge in [0.05, 0.1) is 0 Å². The molecule has 0 saturated heterocycles. The highest BCUT2D eigenvalue weighted by atomic mass is 16.4. The van der Waals surface area contributed by atoms with E-state index in [1.165, 1.54) is 5.56 Å². The summed E-state index contributed by atoms with van der Waals surface area (Å²) in [5.41, 5.74) is 1.34. The fraction of sp³-hybridized carbons (Fsp3) is 0.500. The van der Waals surface area contributed by atoms with Crippen molar-refractivity contribution < 1.29 is 9.90 Å². The molecule has 0 unspecified atom stereocenters. The van der Waals surface area contributed by atoms with E-state index in [2.05, 4.69) is 17.1 Å². The Bertz CT molecular complexity index is 331. The van der Waals surface area contributed by atoms with E-state index in [9.17, 15) is 4.79 Å². The molecule has 1 aromatic heterocycles. The summed E-state index contributed by atoms with van der Waals surface area (Å²) in [7, 11) is 0. The molecule has 0 aromatic carbocycles. The Labute approximate surface area is 89.2 Å². The van der Waals surface area contributed by atoms with Crippen LogP contribution in [0.3, 0.4) is 0 Å². The third-order valence-electron chi connectivity index (χ3n) is 3.18. The molecular formula is C12H15NO2. The van der Waals surface area contributed by atoms with Gasteiger partial charge in [-0.2, -0.15) is 0 Å². The van der Waals surface area contributed by atoms with E-state index in [0.717, 1.165) is 19.3 Å². The van der Waals surface area contributed by atoms with Crippen molar-refractivity contribution in [2.24, 2.45) is 5.92 Å². The van der Waals surface area contributed by atoms with E-state index in [-0.39, 0.29) is 0 Å². The van der Waals surface area contributed by atoms with Gasteiger partial charge in [0, 0.05) is 18.8 Å². The maximum atomic E-state index is 10.4. The molecule has 3 nitrogen and oxygen atoms in total. The maximum absolute atomic E-state index is 10.4. The fourth-order valence-electron chi connectivity index (χ4n) is 2.21. The number of carboxylic acids is 1. The molecule has 80 valence electrons. The Balaban J connectivity index is 1.76. The molecule has 1 fully saturated rings. The van der Waals surface area contributed by atoms with Gasteiger partial charge < -0.3 is 5.11 Å². The van der Waals surface area contributed by atoms with Crippen LogP contribution in [0.1, 0.15) is 37.2 Å². The van der Waals surface area contributed by atoms with Crippen LogP contribution < -0.4 is 0 Å². The van der Waals surface area contributed by atoms with Crippen LogP contribution in [0.2, 0.25) is 0 Å². The van der Waals surface area contributed by atoms with Crippen LogP contribution in [0.4, 0.5) is 0 Å². The number of pyridine rings is 1. The van der Waals surface area contributed by atoms with Gasteiger partial charge in [-0.15, -0.1) is 0 Å². The van der Waals surface area contributed by atoms with Gasteiger partial charge >= 0.3 is 5.97 Å². The molecule has 15 heavy (non-hydrogen) atoms. The summed E-state index contributed by atoms with van der Waals surface area (Å²) in [6.07, 6.45) is 7.05. The third-order valence-corrected chi connectivity index (χ3v) is 3.18. The molecule has 1 saturated carbocycles. The predicted octanol–water partition coefficient (Wildman–Crippen LogP) is 2.44. The zero-order valence-electron chi connectivity index (χ0n) is 8.60. The second-order valence-electron chi connectivity index (χ2n) is 4.25. The highest BCUT2D eigenvalue weighted by Gasteiger charge is 2.30. The predicted molar refractivity (Wildman–Crippen MR) is 56.6 cm³/mol. The molecular weight excluding hydrogens is 190 g/mol. The lowest BCUT2D eigenvalue weighted by molar-refractivity contribution is -0.137. The van der Waals surface area contributed by atoms with Gasteiger partial charge in [0.1, 0.15) is 0 Å². The maximum Gasteiger partial charge on any atom is 0.303 e. The third kappa shape index (κ3) is 2.55. The fourth-order valence-corrected chi connectivity index (χ4v) is 2.21. The van der Waals surface area contributed by atoms with Crippen LogP contribution in [-0.4, -0.2) is 16.1 Å². The number of carbonyl (C=O) groups is 1. The number of carboxylic acid groups (broad SMARTS) is 1. The molecule has 0 atom stereocenters. The summed E-state index contributed by atoms with van der Waals surface area (Å²) in [4.78, 5) is 14.4. The average Bonchev–Trinajstić information content (AvgIpc) is 2.16. The van der Waals surface area contributed by atoms with Crippen LogP contribution in [0.15, 0.2) is 24.5 Å². The van der Waals surface area contributed by atoms with Gasteiger partial charge in [0.15, 0.2) is 0 Å². The molecule has 3 heteroatoms. The van der Waals surface area contributed by atoms with Gasteiger partial charge in [-0.1, -0.05) is 0 Å². The number of hydrogen-bond acceptors (Lipinski definition) is 2. The SMILES string of the molecule is O=C(O)CCC1CC(c2ccncc2)C1. The molecule has 1 aliphatic carbocycles. The Morgan fingerprint density at radius 2 is 2.07 bits per heavy atom. The Morgan fingerprint density at radius 1 is 1.40 bits per heavy atom. The first kappa shape index (κ1) is 10.1. The zero-order chi connectivity index (χ0) is 10.7. The van der Waals surface area contributed by atoms with E-state index in [1.54, 1.807) is 0 Å². The van der Waals surface area contributed by atoms with Gasteiger partial charge in [0.25, 0.3) is 0 Å². The standard InChI is InChI=1S/C12H15NO2/c14-12(15)2-1-9-7-11(8-9)10-3-5-13-6-4-10/h3-6,9,11H,1-2,7-8H2,(H,14,15). The van der Waals surface area contributed by atoms with E-state index in [0.29, 0.717) is 18.3 Å². The summed E-state index contributed by atoms with van der Waals surface area (Å²) in [6, 6.07) is 4.11. The molecule has 1 aromatic rings. The second kappa shape index (κ2) is 4.43. The number of rotatable bonds is 4. The summed E-state index contributed by atoms with van der Waals surface area (Å²) in [6.45, 7) is 0. The van der Waals surface area contributed by atoms with Crippen molar-refractivity contribution in [1.29, 1.82) is 0 Å². The first-order chi connectivity index (χ1) is 7.25. The van der Waals surface area contributed by atoms with Crippen LogP contribution in [0.5, 0.6) is 0 Å². The topological polar surface area (TPSA) is 50.2 Å². The van der Waals surface area contributed by atoms with Crippen molar-refractivity contribution in [3.05, 3.63) is 30.1 Å². The van der Waals surface area contributed by atoms with Crippen LogP contribution >= 0.6 is 0 Å². The molecule has 0 bridgehead atoms. The van der Waals surface area contributed by atoms with Crippen molar-refractivity contribution in [2.45, 2.75) is 31.6 Å². The number of nitrogens with zero attached hydrogens (tertiary/aromatic N) is 1. The van der Waals surface area contributed by atoms with Gasteiger partial charge in [0.2, 0.25) is 0 Å². The lowest BCUT2D eigenvalue weighted by Gasteiger charge is -2.35. The first-order valence-electron chi connectivity index (χ1n) is 5.37. The first-order valence-corrected chi connectivity index (χ1v) is 5.37. The summed E-state index contributed by atoms with van der Waals surface area (Å²) in [5.74, 6) is 0.563. The number of aliphatic carboxylic acids is 1. The zero-order valence-corrected chi connectivity index (χ0v) is 8.60. The second-order valence-corrected chi connectivity index (χ2v) is 4.25. The van der Waals surface area contributed by atoms with Crippen LogP contribution in [-0.2, 0) is 4.79 Å². The smallest absolute Gasteiger partial charge is 0.303 e. The molecule has 1 aliphatic rings. The lowest BCUT2D eigenvalue weighted by Crippen LogP contribution is -2.22. The van der Waals surface area contributed by atoms with E-state index >= 15 is 0 Å². The number of aromatic nitrogens is 1. The van der Waals surface area contributed by atoms with E-state index in [1.807, 2.05) is 12.4 Å². The van der Waals surface area contributed by atoms with Crippen LogP contribution in [0.25, 0.3) is 0 Å². The minimum Gasteiger partial charge on any atom is -0.481 e. The molecule has 1 heterocycles. The van der Waals surface area contributed by atoms with E-state index in [4.69, 9.17) is 5.11 Å². The molecule has 0 aliphatic heterocycles. The normalized spacial score (nSPS) is 24.5. The monoisotopic (exact) mass is 205 g/mol. The van der Waals surface area contributed by atoms with Gasteiger partial charge in [-0.05, 0) is 48.8 Å². The highest BCUT2D eigenvalue weighted by Crippen LogP contribution is 2.43. The summed E-state index contributed by atoms with van der Waals surface area (Å²) < 4.78 is 0. The lowest BCUT2D eigenvalue weighted by atomic mass is 9.70. The molecule has 0 amide bonds. The number of hydrogen-bond donors (Lipinski definition) is 1. The Kier molecular flexibility index (Phi) is 2.99. The largest absolute Gasteiger partial charge is 0.481 e. The minimum absolute atomic E-state index is 0.313. The quantitative estimate of drug-likeness (QED) is 0.821. The molecule has 0 radical (unpaired) electrons. The molecule has 0 spiro atoms. The van der Waals surface area contributed by atoms with E-state index < -0.39 is 5.97 Å². The average molecular weight is 205 g/mol. The highest BCUT2D eigenvalue weighted by molar-refractivity contribution is 5.66. The van der Waals surface area contributed by atoms with Crippen molar-refractivity contribution in [1.82, 2.24) is 4.98 Å².